The fourth-order valence-corrected chi connectivity index (χ4v) is 6.23. The molecule has 3 aliphatic rings. The Morgan fingerprint density at radius 3 is 2.62 bits per heavy atom. The van der Waals surface area contributed by atoms with Crippen molar-refractivity contribution in [3.8, 4) is 0 Å². The molecule has 0 saturated heterocycles. The highest BCUT2D eigenvalue weighted by Crippen LogP contribution is 2.62. The summed E-state index contributed by atoms with van der Waals surface area (Å²) in [5.41, 5.74) is 2.00. The maximum absolute atomic E-state index is 12.1. The Hall–Kier alpha value is -0.590. The van der Waals surface area contributed by atoms with Gasteiger partial charge in [0.15, 0.2) is 0 Å². The number of hydrogen-bond donors (Lipinski definition) is 0. The lowest BCUT2D eigenvalue weighted by atomic mass is 9.64. The van der Waals surface area contributed by atoms with Gasteiger partial charge in [0.25, 0.3) is 0 Å². The van der Waals surface area contributed by atoms with Crippen molar-refractivity contribution in [2.75, 3.05) is 0 Å². The molecule has 0 N–H and O–H groups in total. The zero-order valence-corrected chi connectivity index (χ0v) is 14.5. The van der Waals surface area contributed by atoms with Crippen LogP contribution in [-0.4, -0.2) is 5.78 Å². The van der Waals surface area contributed by atoms with Gasteiger partial charge in [-0.3, -0.25) is 4.79 Å². The van der Waals surface area contributed by atoms with Crippen molar-refractivity contribution < 1.29 is 4.79 Å². The Morgan fingerprint density at radius 2 is 2.00 bits per heavy atom. The van der Waals surface area contributed by atoms with E-state index in [1.165, 1.54) is 25.7 Å². The quantitative estimate of drug-likeness (QED) is 0.634. The van der Waals surface area contributed by atoms with E-state index in [9.17, 15) is 4.79 Å². The highest BCUT2D eigenvalue weighted by molar-refractivity contribution is 5.79. The average molecular weight is 288 g/mol. The Balaban J connectivity index is 1.98. The zero-order valence-electron chi connectivity index (χ0n) is 14.5. The molecular weight excluding hydrogens is 256 g/mol. The smallest absolute Gasteiger partial charge is 0.133 e. The first-order chi connectivity index (χ1) is 9.84. The van der Waals surface area contributed by atoms with Gasteiger partial charge in [-0.15, -0.1) is 0 Å². The van der Waals surface area contributed by atoms with Crippen LogP contribution in [0.3, 0.4) is 0 Å². The van der Waals surface area contributed by atoms with Crippen LogP contribution in [0.15, 0.2) is 11.6 Å². The summed E-state index contributed by atoms with van der Waals surface area (Å²) in [6.45, 7) is 11.5. The molecule has 0 spiro atoms. The minimum atomic E-state index is 0.340. The number of carbonyl (C=O) groups is 1. The van der Waals surface area contributed by atoms with Crippen molar-refractivity contribution in [2.45, 2.75) is 66.7 Å². The van der Waals surface area contributed by atoms with Crippen molar-refractivity contribution in [1.82, 2.24) is 0 Å². The number of allylic oxidation sites excluding steroid dienone is 2. The largest absolute Gasteiger partial charge is 0.300 e. The molecule has 0 aromatic carbocycles. The lowest BCUT2D eigenvalue weighted by Gasteiger charge is -2.40. The molecule has 6 atom stereocenters. The van der Waals surface area contributed by atoms with E-state index in [4.69, 9.17) is 0 Å². The normalized spacial score (nSPS) is 46.0. The summed E-state index contributed by atoms with van der Waals surface area (Å²) >= 11 is 0. The van der Waals surface area contributed by atoms with Gasteiger partial charge in [0.05, 0.1) is 0 Å². The predicted molar refractivity (Wildman–Crippen MR) is 87.9 cm³/mol. The number of ketones is 1. The molecule has 3 aliphatic carbocycles. The second-order valence-corrected chi connectivity index (χ2v) is 8.76. The molecule has 21 heavy (non-hydrogen) atoms. The lowest BCUT2D eigenvalue weighted by molar-refractivity contribution is -0.122. The van der Waals surface area contributed by atoms with Gasteiger partial charge < -0.3 is 0 Å². The summed E-state index contributed by atoms with van der Waals surface area (Å²) in [6, 6.07) is 0. The fraction of sp³-hybridized carbons (Fsp3) is 0.850. The maximum Gasteiger partial charge on any atom is 0.133 e. The monoisotopic (exact) mass is 288 g/mol. The van der Waals surface area contributed by atoms with Crippen LogP contribution >= 0.6 is 0 Å². The summed E-state index contributed by atoms with van der Waals surface area (Å²) in [6.07, 6.45) is 8.98. The third-order valence-electron chi connectivity index (χ3n) is 7.31. The molecule has 2 saturated carbocycles. The Bertz CT molecular complexity index is 460. The van der Waals surface area contributed by atoms with Crippen molar-refractivity contribution in [2.24, 2.45) is 40.9 Å². The number of Topliss-reactive ketones (excluding diaryl/α,β-unsaturated/α-hetero) is 1. The molecule has 0 aliphatic heterocycles. The first-order valence-electron chi connectivity index (χ1n) is 9.02. The van der Waals surface area contributed by atoms with E-state index in [0.717, 1.165) is 30.1 Å². The van der Waals surface area contributed by atoms with E-state index in [0.29, 0.717) is 23.0 Å². The van der Waals surface area contributed by atoms with E-state index < -0.39 is 0 Å². The van der Waals surface area contributed by atoms with Crippen molar-refractivity contribution in [1.29, 1.82) is 0 Å². The molecule has 0 radical (unpaired) electrons. The molecule has 1 nitrogen and oxygen atoms in total. The van der Waals surface area contributed by atoms with E-state index in [-0.39, 0.29) is 0 Å². The second-order valence-electron chi connectivity index (χ2n) is 8.76. The van der Waals surface area contributed by atoms with Crippen LogP contribution in [-0.2, 0) is 4.79 Å². The Morgan fingerprint density at radius 1 is 1.29 bits per heavy atom. The van der Waals surface area contributed by atoms with E-state index >= 15 is 0 Å². The van der Waals surface area contributed by atoms with E-state index in [1.54, 1.807) is 5.57 Å². The van der Waals surface area contributed by atoms with Gasteiger partial charge in [0.2, 0.25) is 0 Å². The minimum Gasteiger partial charge on any atom is -0.300 e. The average Bonchev–Trinajstić information content (AvgIpc) is 2.91. The number of hydrogen-bond acceptors (Lipinski definition) is 1. The standard InChI is InChI=1S/C20H32O/c1-12(2)15-8-9-20(5)18-7-6-16(14(4)21)17(18)10-13(3)11-19(15)20/h11-12,15-19H,6-10H2,1-5H3/t15-,16-,17-,18-,19-,20+/m0/s1. The minimum absolute atomic E-state index is 0.340. The topological polar surface area (TPSA) is 17.1 Å². The third kappa shape index (κ3) is 2.32. The first-order valence-corrected chi connectivity index (χ1v) is 9.02. The molecule has 0 amide bonds. The molecule has 0 heterocycles. The van der Waals surface area contributed by atoms with Crippen LogP contribution in [0.1, 0.15) is 66.7 Å². The van der Waals surface area contributed by atoms with Crippen LogP contribution in [0.5, 0.6) is 0 Å². The fourth-order valence-electron chi connectivity index (χ4n) is 6.23. The number of carbonyl (C=O) groups excluding carboxylic acids is 1. The molecule has 0 bridgehead atoms. The molecule has 1 heteroatoms. The SMILES string of the molecule is CC(=O)[C@@H]1CC[C@H]2[C@H]1CC(C)=C[C@H]1[C@H](C(C)C)CC[C@@]12C. The summed E-state index contributed by atoms with van der Waals surface area (Å²) < 4.78 is 0. The van der Waals surface area contributed by atoms with Crippen LogP contribution in [0.2, 0.25) is 0 Å². The first kappa shape index (κ1) is 15.3. The van der Waals surface area contributed by atoms with Crippen LogP contribution in [0.25, 0.3) is 0 Å². The summed E-state index contributed by atoms with van der Waals surface area (Å²) in [7, 11) is 0. The van der Waals surface area contributed by atoms with E-state index in [2.05, 4.69) is 33.8 Å². The van der Waals surface area contributed by atoms with Gasteiger partial charge in [-0.25, -0.2) is 0 Å². The van der Waals surface area contributed by atoms with Crippen LogP contribution in [0, 0.1) is 40.9 Å². The predicted octanol–water partition coefficient (Wildman–Crippen LogP) is 5.26. The van der Waals surface area contributed by atoms with Gasteiger partial charge in [-0.2, -0.15) is 0 Å². The van der Waals surface area contributed by atoms with Crippen LogP contribution in [0.4, 0.5) is 0 Å². The number of rotatable bonds is 2. The molecule has 118 valence electrons. The highest BCUT2D eigenvalue weighted by atomic mass is 16.1. The third-order valence-corrected chi connectivity index (χ3v) is 7.31. The lowest BCUT2D eigenvalue weighted by Crippen LogP contribution is -2.35. The maximum atomic E-state index is 12.1. The van der Waals surface area contributed by atoms with Gasteiger partial charge in [-0.1, -0.05) is 32.4 Å². The van der Waals surface area contributed by atoms with Crippen LogP contribution < -0.4 is 0 Å². The molecule has 0 aromatic rings. The van der Waals surface area contributed by atoms with Crippen molar-refractivity contribution in [3.05, 3.63) is 11.6 Å². The summed E-state index contributed by atoms with van der Waals surface area (Å²) in [5, 5.41) is 0. The zero-order chi connectivity index (χ0) is 15.4. The van der Waals surface area contributed by atoms with Crippen molar-refractivity contribution in [3.63, 3.8) is 0 Å². The molecule has 0 aromatic heterocycles. The summed E-state index contributed by atoms with van der Waals surface area (Å²) in [4.78, 5) is 12.1. The van der Waals surface area contributed by atoms with E-state index in [1.807, 2.05) is 6.92 Å². The molecule has 3 rings (SSSR count). The summed E-state index contributed by atoms with van der Waals surface area (Å²) in [5.74, 6) is 4.55. The molecular formula is C20H32O. The van der Waals surface area contributed by atoms with Gasteiger partial charge in [0, 0.05) is 5.92 Å². The molecule has 2 fully saturated rings. The second kappa shape index (κ2) is 5.25. The van der Waals surface area contributed by atoms with Crippen molar-refractivity contribution >= 4 is 5.78 Å². The van der Waals surface area contributed by atoms with Gasteiger partial charge >= 0.3 is 0 Å². The Kier molecular flexibility index (Phi) is 3.83. The van der Waals surface area contributed by atoms with Gasteiger partial charge in [0.1, 0.15) is 5.78 Å². The van der Waals surface area contributed by atoms with Gasteiger partial charge in [-0.05, 0) is 81.0 Å². The Labute approximate surface area is 130 Å². The number of fused-ring (bicyclic) bond motifs is 3. The highest BCUT2D eigenvalue weighted by Gasteiger charge is 2.55. The molecule has 0 unspecified atom stereocenters.